The summed E-state index contributed by atoms with van der Waals surface area (Å²) >= 11 is 0. The molecule has 0 bridgehead atoms. The first-order valence-electron chi connectivity index (χ1n) is 19.0. The van der Waals surface area contributed by atoms with Crippen LogP contribution in [0.1, 0.15) is 0 Å². The monoisotopic (exact) mass is 725 g/mol. The van der Waals surface area contributed by atoms with Gasteiger partial charge in [0, 0.05) is 33.2 Å². The quantitative estimate of drug-likeness (QED) is 0.131. The van der Waals surface area contributed by atoms with Gasteiger partial charge in [0.05, 0.1) is 17.6 Å². The van der Waals surface area contributed by atoms with Crippen LogP contribution in [0.2, 0.25) is 0 Å². The van der Waals surface area contributed by atoms with Crippen molar-refractivity contribution < 1.29 is 0 Å². The van der Waals surface area contributed by atoms with E-state index in [1.807, 2.05) is 42.5 Å². The Labute approximate surface area is 328 Å². The Balaban J connectivity index is 1.09. The minimum absolute atomic E-state index is 0.507. The Bertz CT molecular complexity index is 3340. The van der Waals surface area contributed by atoms with Crippen molar-refractivity contribution in [3.63, 3.8) is 0 Å². The molecule has 0 N–H and O–H groups in total. The first-order valence-corrected chi connectivity index (χ1v) is 19.0. The minimum Gasteiger partial charge on any atom is -0.309 e. The number of benzene rings is 9. The largest absolute Gasteiger partial charge is 0.309 e. The zero-order valence-electron chi connectivity index (χ0n) is 30.6. The lowest BCUT2D eigenvalue weighted by atomic mass is 9.93. The van der Waals surface area contributed by atoms with Gasteiger partial charge in [-0.05, 0) is 92.0 Å². The first kappa shape index (κ1) is 32.5. The highest BCUT2D eigenvalue weighted by molar-refractivity contribution is 6.25. The molecule has 0 aliphatic heterocycles. The topological polar surface area (TPSA) is 48.0 Å². The fourth-order valence-electron chi connectivity index (χ4n) is 8.39. The van der Waals surface area contributed by atoms with Crippen LogP contribution in [0.5, 0.6) is 0 Å². The third-order valence-electron chi connectivity index (χ3n) is 11.0. The Hall–Kier alpha value is -7.94. The maximum atomic E-state index is 8.12. The summed E-state index contributed by atoms with van der Waals surface area (Å²) in [4.78, 5) is 19.2. The van der Waals surface area contributed by atoms with Crippen molar-refractivity contribution in [1.29, 1.82) is 0 Å². The standard InChI is InChI=1S/C52H31N5/c1-53-38-29-36(34-16-13-17-39(31-34)57-48-24-11-9-22-45(48)46-23-10-12-25-49(46)57)28-37(30-38)52-55-50(33-14-3-2-4-15-33)54-51(56-52)35-26-27-44-42-20-6-5-18-40(42)41-19-7-8-21-43(41)47(44)32-35/h2-32H. The van der Waals surface area contributed by atoms with Crippen molar-refractivity contribution in [3.8, 4) is 51.0 Å². The summed E-state index contributed by atoms with van der Waals surface area (Å²) in [6, 6.07) is 65.2. The van der Waals surface area contributed by atoms with E-state index in [4.69, 9.17) is 21.5 Å². The van der Waals surface area contributed by atoms with Gasteiger partial charge < -0.3 is 4.57 Å². The van der Waals surface area contributed by atoms with Crippen molar-refractivity contribution in [2.45, 2.75) is 0 Å². The Morgan fingerprint density at radius 2 is 0.825 bits per heavy atom. The van der Waals surface area contributed by atoms with Gasteiger partial charge in [-0.15, -0.1) is 0 Å². The number of rotatable bonds is 5. The second-order valence-electron chi connectivity index (χ2n) is 14.3. The molecule has 5 nitrogen and oxygen atoms in total. The molecule has 0 unspecified atom stereocenters. The molecule has 2 aromatic heterocycles. The molecular weight excluding hydrogens is 695 g/mol. The van der Waals surface area contributed by atoms with E-state index in [-0.39, 0.29) is 0 Å². The van der Waals surface area contributed by atoms with Gasteiger partial charge in [-0.2, -0.15) is 0 Å². The maximum Gasteiger partial charge on any atom is 0.188 e. The van der Waals surface area contributed by atoms with Crippen LogP contribution in [0.4, 0.5) is 5.69 Å². The summed E-state index contributed by atoms with van der Waals surface area (Å²) < 4.78 is 2.31. The molecule has 2 heterocycles. The number of nitrogens with zero attached hydrogens (tertiary/aromatic N) is 5. The third kappa shape index (κ3) is 5.43. The zero-order chi connectivity index (χ0) is 37.9. The lowest BCUT2D eigenvalue weighted by molar-refractivity contribution is 1.07. The van der Waals surface area contributed by atoms with E-state index in [9.17, 15) is 0 Å². The van der Waals surface area contributed by atoms with Crippen LogP contribution < -0.4 is 0 Å². The van der Waals surface area contributed by atoms with Gasteiger partial charge >= 0.3 is 0 Å². The van der Waals surface area contributed by atoms with Crippen molar-refractivity contribution in [2.24, 2.45) is 0 Å². The van der Waals surface area contributed by atoms with Gasteiger partial charge in [0.1, 0.15) is 0 Å². The summed E-state index contributed by atoms with van der Waals surface area (Å²) in [5.74, 6) is 1.65. The lowest BCUT2D eigenvalue weighted by Gasteiger charge is -2.13. The Morgan fingerprint density at radius 1 is 0.333 bits per heavy atom. The van der Waals surface area contributed by atoms with E-state index in [0.29, 0.717) is 23.2 Å². The highest BCUT2D eigenvalue weighted by Gasteiger charge is 2.17. The predicted octanol–water partition coefficient (Wildman–Crippen LogP) is 13.6. The molecule has 9 aromatic carbocycles. The minimum atomic E-state index is 0.507. The van der Waals surface area contributed by atoms with Crippen LogP contribution in [0.25, 0.3) is 110 Å². The molecule has 264 valence electrons. The summed E-state index contributed by atoms with van der Waals surface area (Å²) in [7, 11) is 0. The molecule has 0 aliphatic rings. The van der Waals surface area contributed by atoms with Crippen LogP contribution >= 0.6 is 0 Å². The molecule has 0 atom stereocenters. The fraction of sp³-hybridized carbons (Fsp3) is 0. The van der Waals surface area contributed by atoms with Gasteiger partial charge in [0.15, 0.2) is 23.2 Å². The van der Waals surface area contributed by atoms with Gasteiger partial charge in [-0.3, -0.25) is 0 Å². The van der Waals surface area contributed by atoms with Crippen LogP contribution in [0.3, 0.4) is 0 Å². The summed E-state index contributed by atoms with van der Waals surface area (Å²) in [6.07, 6.45) is 0. The zero-order valence-corrected chi connectivity index (χ0v) is 30.6. The van der Waals surface area contributed by atoms with E-state index in [1.54, 1.807) is 0 Å². The molecule has 0 spiro atoms. The lowest BCUT2D eigenvalue weighted by Crippen LogP contribution is -2.00. The highest BCUT2D eigenvalue weighted by Crippen LogP contribution is 2.39. The third-order valence-corrected chi connectivity index (χ3v) is 11.0. The van der Waals surface area contributed by atoms with Crippen LogP contribution in [-0.2, 0) is 0 Å². The molecule has 0 fully saturated rings. The Kier molecular flexibility index (Phi) is 7.48. The van der Waals surface area contributed by atoms with Crippen molar-refractivity contribution in [3.05, 3.63) is 199 Å². The average molecular weight is 726 g/mol. The number of hydrogen-bond donors (Lipinski definition) is 0. The molecule has 11 aromatic rings. The smallest absolute Gasteiger partial charge is 0.188 e. The fourth-order valence-corrected chi connectivity index (χ4v) is 8.39. The van der Waals surface area contributed by atoms with Gasteiger partial charge in [0.25, 0.3) is 0 Å². The first-order chi connectivity index (χ1) is 28.2. The normalized spacial score (nSPS) is 11.5. The molecule has 0 saturated carbocycles. The number of fused-ring (bicyclic) bond motifs is 9. The summed E-state index contributed by atoms with van der Waals surface area (Å²) in [5, 5.41) is 9.59. The number of hydrogen-bond acceptors (Lipinski definition) is 3. The Morgan fingerprint density at radius 3 is 1.46 bits per heavy atom. The SMILES string of the molecule is [C-]#[N+]c1cc(-c2cccc(-n3c4ccccc4c4ccccc43)c2)cc(-c2nc(-c3ccccc3)nc(-c3ccc4c5ccccc5c5ccccc5c4c3)n2)c1. The molecule has 0 saturated heterocycles. The van der Waals surface area contributed by atoms with Gasteiger partial charge in [0.2, 0.25) is 0 Å². The van der Waals surface area contributed by atoms with E-state index in [1.165, 1.54) is 37.7 Å². The number of para-hydroxylation sites is 2. The van der Waals surface area contributed by atoms with Crippen LogP contribution in [-0.4, -0.2) is 19.5 Å². The maximum absolute atomic E-state index is 8.12. The van der Waals surface area contributed by atoms with Crippen molar-refractivity contribution >= 4 is 59.8 Å². The number of aromatic nitrogens is 4. The molecule has 0 radical (unpaired) electrons. The molecule has 57 heavy (non-hydrogen) atoms. The molecular formula is C52H31N5. The second kappa shape index (κ2) is 13.1. The molecule has 11 rings (SSSR count). The van der Waals surface area contributed by atoms with E-state index in [2.05, 4.69) is 155 Å². The average Bonchev–Trinajstić information content (AvgIpc) is 3.63. The van der Waals surface area contributed by atoms with Gasteiger partial charge in [-0.1, -0.05) is 140 Å². The summed E-state index contributed by atoms with van der Waals surface area (Å²) in [6.45, 7) is 8.12. The van der Waals surface area contributed by atoms with E-state index < -0.39 is 0 Å². The van der Waals surface area contributed by atoms with Crippen molar-refractivity contribution in [2.75, 3.05) is 0 Å². The summed E-state index contributed by atoms with van der Waals surface area (Å²) in [5.41, 5.74) is 8.28. The highest BCUT2D eigenvalue weighted by atomic mass is 15.0. The molecule has 5 heteroatoms. The van der Waals surface area contributed by atoms with E-state index >= 15 is 0 Å². The molecule has 0 amide bonds. The second-order valence-corrected chi connectivity index (χ2v) is 14.3. The predicted molar refractivity (Wildman–Crippen MR) is 235 cm³/mol. The van der Waals surface area contributed by atoms with E-state index in [0.717, 1.165) is 49.9 Å². The van der Waals surface area contributed by atoms with Crippen LogP contribution in [0, 0.1) is 6.57 Å². The van der Waals surface area contributed by atoms with Gasteiger partial charge in [-0.25, -0.2) is 19.8 Å². The van der Waals surface area contributed by atoms with Crippen LogP contribution in [0.15, 0.2) is 188 Å². The molecule has 0 aliphatic carbocycles. The van der Waals surface area contributed by atoms with Crippen molar-refractivity contribution in [1.82, 2.24) is 19.5 Å².